The van der Waals surface area contributed by atoms with Crippen molar-refractivity contribution < 1.29 is 4.79 Å². The maximum Gasteiger partial charge on any atom is 0.230 e. The summed E-state index contributed by atoms with van der Waals surface area (Å²) in [5.41, 5.74) is 0.480. The minimum absolute atomic E-state index is 0.0759. The molecule has 3 nitrogen and oxygen atoms in total. The second-order valence-electron chi connectivity index (χ2n) is 4.89. The number of piperidine rings is 1. The Balaban J connectivity index is 2.11. The van der Waals surface area contributed by atoms with Crippen LogP contribution in [-0.2, 0) is 4.79 Å². The molecule has 18 heavy (non-hydrogen) atoms. The highest BCUT2D eigenvalue weighted by Gasteiger charge is 2.34. The molecule has 1 aliphatic heterocycles. The van der Waals surface area contributed by atoms with E-state index in [9.17, 15) is 4.79 Å². The van der Waals surface area contributed by atoms with Crippen LogP contribution in [0.25, 0.3) is 0 Å². The number of nitrogens with one attached hydrogen (secondary N) is 2. The van der Waals surface area contributed by atoms with Gasteiger partial charge in [-0.1, -0.05) is 18.5 Å². The van der Waals surface area contributed by atoms with Crippen LogP contribution >= 0.6 is 27.5 Å². The molecule has 0 bridgehead atoms. The van der Waals surface area contributed by atoms with E-state index in [-0.39, 0.29) is 11.3 Å². The molecule has 0 spiro atoms. The van der Waals surface area contributed by atoms with Crippen LogP contribution in [0, 0.1) is 5.41 Å². The maximum atomic E-state index is 12.3. The van der Waals surface area contributed by atoms with Crippen molar-refractivity contribution in [1.82, 2.24) is 5.32 Å². The topological polar surface area (TPSA) is 41.1 Å². The standard InChI is InChI=1S/C13H16BrClN2O/c1-13(4-6-16-7-5-13)12(18)17-11-3-2-9(15)8-10(11)14/h2-3,8,16H,4-7H2,1H3,(H,17,18). The summed E-state index contributed by atoms with van der Waals surface area (Å²) in [5.74, 6) is 0.0759. The number of carbonyl (C=O) groups is 1. The molecule has 1 heterocycles. The molecule has 1 aliphatic rings. The van der Waals surface area contributed by atoms with E-state index in [0.29, 0.717) is 5.02 Å². The van der Waals surface area contributed by atoms with Crippen LogP contribution in [0.1, 0.15) is 19.8 Å². The lowest BCUT2D eigenvalue weighted by atomic mass is 9.80. The third-order valence-corrected chi connectivity index (χ3v) is 4.33. The molecule has 0 atom stereocenters. The van der Waals surface area contributed by atoms with E-state index in [4.69, 9.17) is 11.6 Å². The molecule has 0 aliphatic carbocycles. The molecule has 1 aromatic rings. The van der Waals surface area contributed by atoms with Crippen molar-refractivity contribution in [3.8, 4) is 0 Å². The smallest absolute Gasteiger partial charge is 0.230 e. The molecule has 1 saturated heterocycles. The Bertz CT molecular complexity index is 458. The van der Waals surface area contributed by atoms with Gasteiger partial charge in [0.15, 0.2) is 0 Å². The first-order valence-corrected chi connectivity index (χ1v) is 7.16. The maximum absolute atomic E-state index is 12.3. The molecule has 0 saturated carbocycles. The van der Waals surface area contributed by atoms with Gasteiger partial charge in [-0.2, -0.15) is 0 Å². The number of halogens is 2. The third kappa shape index (κ3) is 3.05. The van der Waals surface area contributed by atoms with Crippen molar-refractivity contribution >= 4 is 39.1 Å². The normalized spacial score (nSPS) is 18.4. The quantitative estimate of drug-likeness (QED) is 0.871. The average Bonchev–Trinajstić information content (AvgIpc) is 2.33. The minimum Gasteiger partial charge on any atom is -0.325 e. The number of hydrogen-bond donors (Lipinski definition) is 2. The summed E-state index contributed by atoms with van der Waals surface area (Å²) in [7, 11) is 0. The molecule has 2 N–H and O–H groups in total. The predicted molar refractivity (Wildman–Crippen MR) is 78.0 cm³/mol. The van der Waals surface area contributed by atoms with Gasteiger partial charge in [0, 0.05) is 14.9 Å². The van der Waals surface area contributed by atoms with Crippen molar-refractivity contribution in [2.24, 2.45) is 5.41 Å². The van der Waals surface area contributed by atoms with Crippen LogP contribution in [-0.4, -0.2) is 19.0 Å². The van der Waals surface area contributed by atoms with Crippen LogP contribution in [0.3, 0.4) is 0 Å². The number of rotatable bonds is 2. The Morgan fingerprint density at radius 1 is 1.44 bits per heavy atom. The van der Waals surface area contributed by atoms with Crippen molar-refractivity contribution in [2.45, 2.75) is 19.8 Å². The largest absolute Gasteiger partial charge is 0.325 e. The first-order valence-electron chi connectivity index (χ1n) is 5.98. The first-order chi connectivity index (χ1) is 8.51. The van der Waals surface area contributed by atoms with Gasteiger partial charge in [-0.3, -0.25) is 4.79 Å². The van der Waals surface area contributed by atoms with E-state index < -0.39 is 0 Å². The lowest BCUT2D eigenvalue weighted by molar-refractivity contribution is -0.126. The monoisotopic (exact) mass is 330 g/mol. The molecular weight excluding hydrogens is 316 g/mol. The highest BCUT2D eigenvalue weighted by Crippen LogP contribution is 2.32. The van der Waals surface area contributed by atoms with E-state index in [2.05, 4.69) is 26.6 Å². The fraction of sp³-hybridized carbons (Fsp3) is 0.462. The van der Waals surface area contributed by atoms with Crippen LogP contribution in [0.4, 0.5) is 5.69 Å². The van der Waals surface area contributed by atoms with Crippen LogP contribution in [0.2, 0.25) is 5.02 Å². The highest BCUT2D eigenvalue weighted by molar-refractivity contribution is 9.10. The first kappa shape index (κ1) is 13.8. The molecular formula is C13H16BrClN2O. The summed E-state index contributed by atoms with van der Waals surface area (Å²) < 4.78 is 0.806. The van der Waals surface area contributed by atoms with Gasteiger partial charge in [-0.15, -0.1) is 0 Å². The van der Waals surface area contributed by atoms with Crippen LogP contribution in [0.5, 0.6) is 0 Å². The van der Waals surface area contributed by atoms with Gasteiger partial charge in [0.25, 0.3) is 0 Å². The minimum atomic E-state index is -0.287. The lowest BCUT2D eigenvalue weighted by Gasteiger charge is -2.32. The fourth-order valence-electron chi connectivity index (χ4n) is 2.07. The van der Waals surface area contributed by atoms with Crippen molar-refractivity contribution in [1.29, 1.82) is 0 Å². The average molecular weight is 332 g/mol. The zero-order valence-electron chi connectivity index (χ0n) is 10.2. The summed E-state index contributed by atoms with van der Waals surface area (Å²) in [6, 6.07) is 5.36. The third-order valence-electron chi connectivity index (χ3n) is 3.43. The Morgan fingerprint density at radius 2 is 2.11 bits per heavy atom. The number of carbonyl (C=O) groups excluding carboxylic acids is 1. The molecule has 0 aromatic heterocycles. The number of hydrogen-bond acceptors (Lipinski definition) is 2. The van der Waals surface area contributed by atoms with Crippen LogP contribution in [0.15, 0.2) is 22.7 Å². The molecule has 1 amide bonds. The zero-order chi connectivity index (χ0) is 13.2. The molecule has 98 valence electrons. The fourth-order valence-corrected chi connectivity index (χ4v) is 2.85. The van der Waals surface area contributed by atoms with E-state index in [1.54, 1.807) is 12.1 Å². The zero-order valence-corrected chi connectivity index (χ0v) is 12.6. The van der Waals surface area contributed by atoms with E-state index in [1.807, 2.05) is 13.0 Å². The van der Waals surface area contributed by atoms with Crippen molar-refractivity contribution in [2.75, 3.05) is 18.4 Å². The Kier molecular flexibility index (Phi) is 4.30. The van der Waals surface area contributed by atoms with E-state index >= 15 is 0 Å². The molecule has 1 aromatic carbocycles. The van der Waals surface area contributed by atoms with Crippen molar-refractivity contribution in [3.63, 3.8) is 0 Å². The summed E-state index contributed by atoms with van der Waals surface area (Å²) in [6.45, 7) is 3.81. The van der Waals surface area contributed by atoms with Gasteiger partial charge in [0.2, 0.25) is 5.91 Å². The second kappa shape index (κ2) is 5.59. The van der Waals surface area contributed by atoms with Gasteiger partial charge in [-0.25, -0.2) is 0 Å². The SMILES string of the molecule is CC1(C(=O)Nc2ccc(Cl)cc2Br)CCNCC1. The Labute approximate surface area is 120 Å². The van der Waals surface area contributed by atoms with Gasteiger partial charge >= 0.3 is 0 Å². The number of anilines is 1. The van der Waals surface area contributed by atoms with Gasteiger partial charge < -0.3 is 10.6 Å². The van der Waals surface area contributed by atoms with Crippen LogP contribution < -0.4 is 10.6 Å². The van der Waals surface area contributed by atoms with Gasteiger partial charge in [-0.05, 0) is 60.1 Å². The van der Waals surface area contributed by atoms with Crippen molar-refractivity contribution in [3.05, 3.63) is 27.7 Å². The lowest BCUT2D eigenvalue weighted by Crippen LogP contribution is -2.42. The Hall–Kier alpha value is -0.580. The summed E-state index contributed by atoms with van der Waals surface area (Å²) in [5, 5.41) is 6.89. The Morgan fingerprint density at radius 3 is 2.72 bits per heavy atom. The molecule has 0 unspecified atom stereocenters. The molecule has 1 fully saturated rings. The summed E-state index contributed by atoms with van der Waals surface area (Å²) in [6.07, 6.45) is 1.73. The van der Waals surface area contributed by atoms with E-state index in [0.717, 1.165) is 36.1 Å². The summed E-state index contributed by atoms with van der Waals surface area (Å²) in [4.78, 5) is 12.3. The number of benzene rings is 1. The van der Waals surface area contributed by atoms with Gasteiger partial charge in [0.1, 0.15) is 0 Å². The van der Waals surface area contributed by atoms with E-state index in [1.165, 1.54) is 0 Å². The summed E-state index contributed by atoms with van der Waals surface area (Å²) >= 11 is 9.28. The molecule has 5 heteroatoms. The van der Waals surface area contributed by atoms with Gasteiger partial charge in [0.05, 0.1) is 5.69 Å². The molecule has 2 rings (SSSR count). The molecule has 0 radical (unpaired) electrons. The number of amides is 1. The second-order valence-corrected chi connectivity index (χ2v) is 6.18. The predicted octanol–water partition coefficient (Wildman–Crippen LogP) is 3.43. The highest BCUT2D eigenvalue weighted by atomic mass is 79.9.